The fraction of sp³-hybridized carbons (Fsp3) is 0.500. The Bertz CT molecular complexity index is 1230. The number of carbonyl (C=O) groups is 2. The maximum absolute atomic E-state index is 13.8. The smallest absolute Gasteiger partial charge is 0.395 e. The van der Waals surface area contributed by atoms with Crippen LogP contribution in [0.1, 0.15) is 46.7 Å². The van der Waals surface area contributed by atoms with E-state index in [4.69, 9.17) is 5.11 Å². The molecule has 7 nitrogen and oxygen atoms in total. The van der Waals surface area contributed by atoms with E-state index >= 15 is 0 Å². The van der Waals surface area contributed by atoms with Gasteiger partial charge in [-0.2, -0.15) is 38.1 Å². The molecular weight excluding hydrogens is 605 g/mol. The fourth-order valence-corrected chi connectivity index (χ4v) is 5.98. The van der Waals surface area contributed by atoms with Gasteiger partial charge in [0.2, 0.25) is 0 Å². The highest BCUT2D eigenvalue weighted by atomic mass is 32.2. The number of amides is 4. The van der Waals surface area contributed by atoms with E-state index in [0.717, 1.165) is 5.56 Å². The number of alkyl halides is 6. The van der Waals surface area contributed by atoms with Gasteiger partial charge >= 0.3 is 24.4 Å². The Balaban J connectivity index is 1.67. The number of nitrogens with zero attached hydrogens (tertiary/aromatic N) is 1. The highest BCUT2D eigenvalue weighted by molar-refractivity contribution is 7.99. The normalized spacial score (nSPS) is 17.5. The third-order valence-electron chi connectivity index (χ3n) is 6.88. The van der Waals surface area contributed by atoms with Gasteiger partial charge in [0.1, 0.15) is 5.82 Å². The van der Waals surface area contributed by atoms with E-state index in [0.29, 0.717) is 49.4 Å². The predicted molar refractivity (Wildman–Crippen MR) is 148 cm³/mol. The first-order valence-electron chi connectivity index (χ1n) is 13.5. The van der Waals surface area contributed by atoms with Gasteiger partial charge in [-0.25, -0.2) is 14.0 Å². The van der Waals surface area contributed by atoms with E-state index in [1.807, 2.05) is 0 Å². The summed E-state index contributed by atoms with van der Waals surface area (Å²) in [5.41, 5.74) is -1.72. The average molecular weight is 639 g/mol. The second kappa shape index (κ2) is 15.0. The number of carbonyl (C=O) groups excluding carboxylic acids is 2. The molecule has 1 heterocycles. The summed E-state index contributed by atoms with van der Waals surface area (Å²) < 4.78 is 93.1. The van der Waals surface area contributed by atoms with Crippen molar-refractivity contribution in [2.75, 3.05) is 38.5 Å². The molecule has 0 aliphatic carbocycles. The molecule has 2 atom stereocenters. The first-order chi connectivity index (χ1) is 20.2. The van der Waals surface area contributed by atoms with Crippen molar-refractivity contribution >= 4 is 23.8 Å². The molecule has 0 aromatic heterocycles. The molecule has 1 aliphatic rings. The number of piperidine rings is 1. The number of hydrogen-bond donors (Lipinski definition) is 4. The molecular formula is C28H33F7N4O3S. The van der Waals surface area contributed by atoms with Gasteiger partial charge in [0.05, 0.1) is 23.8 Å². The summed E-state index contributed by atoms with van der Waals surface area (Å²) in [6, 6.07) is 4.17. The van der Waals surface area contributed by atoms with Crippen LogP contribution in [0.2, 0.25) is 0 Å². The van der Waals surface area contributed by atoms with Gasteiger partial charge in [0.25, 0.3) is 0 Å². The molecule has 1 aliphatic heterocycles. The van der Waals surface area contributed by atoms with Crippen LogP contribution in [0.15, 0.2) is 36.4 Å². The lowest BCUT2D eigenvalue weighted by atomic mass is 9.92. The Hall–Kier alpha value is -3.20. The number of hydrogen-bond acceptors (Lipinski definition) is 4. The van der Waals surface area contributed by atoms with Crippen molar-refractivity contribution in [2.24, 2.45) is 0 Å². The summed E-state index contributed by atoms with van der Waals surface area (Å²) >= 11 is 1.60. The van der Waals surface area contributed by atoms with Gasteiger partial charge in [-0.3, -0.25) is 0 Å². The number of urea groups is 2. The first-order valence-corrected chi connectivity index (χ1v) is 14.6. The Kier molecular flexibility index (Phi) is 12.0. The van der Waals surface area contributed by atoms with Crippen molar-refractivity contribution in [1.82, 2.24) is 20.9 Å². The predicted octanol–water partition coefficient (Wildman–Crippen LogP) is 5.65. The Morgan fingerprint density at radius 1 is 0.953 bits per heavy atom. The van der Waals surface area contributed by atoms with Crippen molar-refractivity contribution in [1.29, 1.82) is 0 Å². The van der Waals surface area contributed by atoms with Crippen LogP contribution in [-0.4, -0.2) is 65.9 Å². The number of aliphatic hydroxyl groups excluding tert-OH is 1. The van der Waals surface area contributed by atoms with E-state index in [2.05, 4.69) is 16.0 Å². The Morgan fingerprint density at radius 2 is 1.60 bits per heavy atom. The molecule has 4 N–H and O–H groups in total. The number of rotatable bonds is 10. The maximum Gasteiger partial charge on any atom is 0.416 e. The highest BCUT2D eigenvalue weighted by Crippen LogP contribution is 2.38. The maximum atomic E-state index is 13.8. The van der Waals surface area contributed by atoms with Gasteiger partial charge < -0.3 is 26.0 Å². The van der Waals surface area contributed by atoms with Crippen LogP contribution >= 0.6 is 11.8 Å². The second-order valence-corrected chi connectivity index (χ2v) is 11.4. The third kappa shape index (κ3) is 10.2. The summed E-state index contributed by atoms with van der Waals surface area (Å²) in [6.07, 6.45) is -9.10. The Labute approximate surface area is 248 Å². The van der Waals surface area contributed by atoms with E-state index in [1.165, 1.54) is 12.1 Å². The standard InChI is InChI=1S/C28H33F7N4O3S/c1-17-12-21(29)2-3-23(17)24-16-22(43-11-8-37-25(41)36-7-10-40)5-9-39(24)26(42)38-6-4-18-13-19(27(30,31)32)15-20(14-18)28(33,34)35/h2-3,12-15,22,24,40H,4-11,16H2,1H3,(H,38,42)(H2,36,37,41)/t22-,24+/m0/s1. The van der Waals surface area contributed by atoms with Crippen LogP contribution in [0, 0.1) is 12.7 Å². The summed E-state index contributed by atoms with van der Waals surface area (Å²) in [5.74, 6) is 0.138. The molecule has 3 rings (SSSR count). The second-order valence-electron chi connectivity index (χ2n) is 10.0. The summed E-state index contributed by atoms with van der Waals surface area (Å²) in [4.78, 5) is 26.4. The van der Waals surface area contributed by atoms with Gasteiger partial charge in [0.15, 0.2) is 0 Å². The van der Waals surface area contributed by atoms with Crippen LogP contribution in [0.25, 0.3) is 0 Å². The topological polar surface area (TPSA) is 93.7 Å². The number of nitrogens with one attached hydrogen (secondary N) is 3. The Morgan fingerprint density at radius 3 is 2.21 bits per heavy atom. The molecule has 15 heteroatoms. The molecule has 1 fully saturated rings. The van der Waals surface area contributed by atoms with Crippen molar-refractivity contribution in [3.8, 4) is 0 Å². The van der Waals surface area contributed by atoms with Gasteiger partial charge in [-0.1, -0.05) is 6.07 Å². The first kappa shape index (κ1) is 34.3. The monoisotopic (exact) mass is 638 g/mol. The van der Waals surface area contributed by atoms with E-state index in [-0.39, 0.29) is 43.0 Å². The number of thioether (sulfide) groups is 1. The van der Waals surface area contributed by atoms with Crippen LogP contribution < -0.4 is 16.0 Å². The van der Waals surface area contributed by atoms with E-state index in [9.17, 15) is 40.3 Å². The van der Waals surface area contributed by atoms with Gasteiger partial charge in [0, 0.05) is 37.2 Å². The van der Waals surface area contributed by atoms with E-state index in [1.54, 1.807) is 29.7 Å². The number of benzene rings is 2. The quantitative estimate of drug-likeness (QED) is 0.200. The minimum atomic E-state index is -4.97. The molecule has 238 valence electrons. The number of aliphatic hydroxyl groups is 1. The van der Waals surface area contributed by atoms with Crippen molar-refractivity contribution < 1.29 is 45.4 Å². The summed E-state index contributed by atoms with van der Waals surface area (Å²) in [7, 11) is 0. The molecule has 1 saturated heterocycles. The lowest BCUT2D eigenvalue weighted by Crippen LogP contribution is -2.47. The third-order valence-corrected chi connectivity index (χ3v) is 8.22. The molecule has 0 saturated carbocycles. The zero-order valence-corrected chi connectivity index (χ0v) is 24.1. The lowest BCUT2D eigenvalue weighted by Gasteiger charge is -2.40. The summed E-state index contributed by atoms with van der Waals surface area (Å²) in [6.45, 7) is 2.14. The number of aryl methyl sites for hydroxylation is 1. The molecule has 2 aromatic rings. The average Bonchev–Trinajstić information content (AvgIpc) is 2.93. The minimum absolute atomic E-state index is 0.0575. The van der Waals surface area contributed by atoms with E-state index < -0.39 is 47.4 Å². The van der Waals surface area contributed by atoms with Crippen LogP contribution in [0.5, 0.6) is 0 Å². The van der Waals surface area contributed by atoms with Crippen LogP contribution in [0.3, 0.4) is 0 Å². The fourth-order valence-electron chi connectivity index (χ4n) is 4.84. The summed E-state index contributed by atoms with van der Waals surface area (Å²) in [5, 5.41) is 16.6. The highest BCUT2D eigenvalue weighted by Gasteiger charge is 2.37. The lowest BCUT2D eigenvalue weighted by molar-refractivity contribution is -0.143. The zero-order chi connectivity index (χ0) is 31.8. The van der Waals surface area contributed by atoms with Crippen LogP contribution in [-0.2, 0) is 18.8 Å². The molecule has 0 radical (unpaired) electrons. The SMILES string of the molecule is Cc1cc(F)ccc1[C@H]1C[C@@H](SCCNC(=O)NCCO)CCN1C(=O)NCCc1cc(C(F)(F)F)cc(C(F)(F)F)c1. The molecule has 43 heavy (non-hydrogen) atoms. The molecule has 4 amide bonds. The molecule has 0 bridgehead atoms. The number of halogens is 7. The minimum Gasteiger partial charge on any atom is -0.395 e. The zero-order valence-electron chi connectivity index (χ0n) is 23.2. The van der Waals surface area contributed by atoms with Crippen LogP contribution in [0.4, 0.5) is 40.3 Å². The van der Waals surface area contributed by atoms with Crippen molar-refractivity contribution in [3.63, 3.8) is 0 Å². The molecule has 0 unspecified atom stereocenters. The van der Waals surface area contributed by atoms with Crippen molar-refractivity contribution in [3.05, 3.63) is 70.0 Å². The van der Waals surface area contributed by atoms with Gasteiger partial charge in [-0.15, -0.1) is 0 Å². The van der Waals surface area contributed by atoms with Gasteiger partial charge in [-0.05, 0) is 73.2 Å². The molecule has 0 spiro atoms. The molecule has 2 aromatic carbocycles. The largest absolute Gasteiger partial charge is 0.416 e. The number of likely N-dealkylation sites (tertiary alicyclic amines) is 1. The van der Waals surface area contributed by atoms with Crippen molar-refractivity contribution in [2.45, 2.75) is 49.8 Å².